The molecule has 0 atom stereocenters. The number of morpholine rings is 1. The number of halogens is 2. The minimum absolute atomic E-state index is 0.360. The fraction of sp³-hybridized carbons (Fsp3) is 0.278. The zero-order valence-corrected chi connectivity index (χ0v) is 13.1. The lowest BCUT2D eigenvalue weighted by Crippen LogP contribution is -3.12. The molecule has 0 spiro atoms. The van der Waals surface area contributed by atoms with E-state index in [1.165, 1.54) is 11.0 Å². The first kappa shape index (κ1) is 16.5. The van der Waals surface area contributed by atoms with Crippen molar-refractivity contribution >= 4 is 11.6 Å². The highest BCUT2D eigenvalue weighted by molar-refractivity contribution is 6.04. The van der Waals surface area contributed by atoms with Crippen LogP contribution >= 0.6 is 0 Å². The van der Waals surface area contributed by atoms with Crippen molar-refractivity contribution in [2.45, 2.75) is 6.54 Å². The van der Waals surface area contributed by atoms with Crippen LogP contribution in [0.15, 0.2) is 42.5 Å². The summed E-state index contributed by atoms with van der Waals surface area (Å²) in [5, 5.41) is 2.28. The van der Waals surface area contributed by atoms with Crippen molar-refractivity contribution in [2.24, 2.45) is 0 Å². The van der Waals surface area contributed by atoms with Crippen LogP contribution in [0.1, 0.15) is 15.9 Å². The Kier molecular flexibility index (Phi) is 5.17. The van der Waals surface area contributed by atoms with E-state index in [4.69, 9.17) is 4.74 Å². The topological polar surface area (TPSA) is 42.8 Å². The Morgan fingerprint density at radius 2 is 1.67 bits per heavy atom. The molecule has 0 unspecified atom stereocenters. The van der Waals surface area contributed by atoms with Crippen molar-refractivity contribution in [3.63, 3.8) is 0 Å². The molecule has 2 N–H and O–H groups in total. The van der Waals surface area contributed by atoms with Crippen molar-refractivity contribution in [2.75, 3.05) is 31.6 Å². The molecule has 3 rings (SSSR count). The lowest BCUT2D eigenvalue weighted by molar-refractivity contribution is -0.921. The number of rotatable bonds is 4. The van der Waals surface area contributed by atoms with Crippen LogP contribution in [0.5, 0.6) is 0 Å². The highest BCUT2D eigenvalue weighted by Crippen LogP contribution is 2.19. The molecule has 1 fully saturated rings. The number of amides is 1. The van der Waals surface area contributed by atoms with Crippen LogP contribution in [0.3, 0.4) is 0 Å². The van der Waals surface area contributed by atoms with Gasteiger partial charge < -0.3 is 15.0 Å². The van der Waals surface area contributed by atoms with Gasteiger partial charge >= 0.3 is 0 Å². The first-order valence-electron chi connectivity index (χ1n) is 7.89. The number of hydrogen-bond donors (Lipinski definition) is 2. The lowest BCUT2D eigenvalue weighted by atomic mass is 10.1. The highest BCUT2D eigenvalue weighted by Gasteiger charge is 2.16. The van der Waals surface area contributed by atoms with Gasteiger partial charge in [-0.3, -0.25) is 4.79 Å². The molecule has 6 heteroatoms. The zero-order valence-electron chi connectivity index (χ0n) is 13.1. The Balaban J connectivity index is 1.65. The Morgan fingerprint density at radius 1 is 1.04 bits per heavy atom. The number of ether oxygens (including phenoxy) is 1. The summed E-state index contributed by atoms with van der Waals surface area (Å²) in [4.78, 5) is 13.6. The summed E-state index contributed by atoms with van der Waals surface area (Å²) in [7, 11) is 0. The summed E-state index contributed by atoms with van der Waals surface area (Å²) in [6, 6.07) is 10.5. The summed E-state index contributed by atoms with van der Waals surface area (Å²) in [5.74, 6) is -2.13. The number of anilines is 1. The molecule has 126 valence electrons. The van der Waals surface area contributed by atoms with Crippen LogP contribution in [-0.4, -0.2) is 32.2 Å². The molecule has 0 bridgehead atoms. The Bertz CT molecular complexity index is 693. The standard InChI is InChI=1S/C18H18F2N2O2/c19-15-2-1-3-16(20)17(15)21-18(23)14-6-4-13(5-7-14)12-22-8-10-24-11-9-22/h1-7H,8-12H2,(H,21,23)/p+1. The van der Waals surface area contributed by atoms with Gasteiger partial charge in [0.05, 0.1) is 13.2 Å². The van der Waals surface area contributed by atoms with E-state index in [0.29, 0.717) is 5.56 Å². The smallest absolute Gasteiger partial charge is 0.255 e. The summed E-state index contributed by atoms with van der Waals surface area (Å²) in [5.41, 5.74) is 1.04. The number of carbonyl (C=O) groups is 1. The van der Waals surface area contributed by atoms with Gasteiger partial charge in [-0.1, -0.05) is 18.2 Å². The molecular formula is C18H19F2N2O2+. The van der Waals surface area contributed by atoms with Crippen molar-refractivity contribution < 1.29 is 23.2 Å². The number of nitrogens with one attached hydrogen (secondary N) is 2. The maximum Gasteiger partial charge on any atom is 0.255 e. The molecule has 2 aromatic carbocycles. The van der Waals surface area contributed by atoms with Crippen LogP contribution in [0, 0.1) is 11.6 Å². The highest BCUT2D eigenvalue weighted by atomic mass is 19.1. The van der Waals surface area contributed by atoms with Crippen LogP contribution in [0.4, 0.5) is 14.5 Å². The largest absolute Gasteiger partial charge is 0.370 e. The molecular weight excluding hydrogens is 314 g/mol. The number of quaternary nitrogens is 1. The quantitative estimate of drug-likeness (QED) is 0.893. The molecule has 4 nitrogen and oxygen atoms in total. The molecule has 1 heterocycles. The van der Waals surface area contributed by atoms with E-state index in [9.17, 15) is 13.6 Å². The third-order valence-corrected chi connectivity index (χ3v) is 4.07. The second-order valence-corrected chi connectivity index (χ2v) is 5.79. The van der Waals surface area contributed by atoms with Gasteiger partial charge in [0.25, 0.3) is 5.91 Å². The maximum atomic E-state index is 13.6. The molecule has 0 radical (unpaired) electrons. The summed E-state index contributed by atoms with van der Waals surface area (Å²) in [6.07, 6.45) is 0. The third-order valence-electron chi connectivity index (χ3n) is 4.07. The first-order valence-corrected chi connectivity index (χ1v) is 7.89. The molecule has 24 heavy (non-hydrogen) atoms. The van der Waals surface area contributed by atoms with Crippen LogP contribution in [-0.2, 0) is 11.3 Å². The third kappa shape index (κ3) is 3.96. The van der Waals surface area contributed by atoms with E-state index in [2.05, 4.69) is 5.32 Å². The van der Waals surface area contributed by atoms with E-state index < -0.39 is 23.2 Å². The molecule has 1 amide bonds. The second-order valence-electron chi connectivity index (χ2n) is 5.79. The lowest BCUT2D eigenvalue weighted by Gasteiger charge is -2.23. The predicted molar refractivity (Wildman–Crippen MR) is 86.0 cm³/mol. The van der Waals surface area contributed by atoms with E-state index >= 15 is 0 Å². The van der Waals surface area contributed by atoms with Gasteiger partial charge in [0.2, 0.25) is 0 Å². The minimum Gasteiger partial charge on any atom is -0.370 e. The van der Waals surface area contributed by atoms with Gasteiger partial charge in [-0.2, -0.15) is 0 Å². The van der Waals surface area contributed by atoms with Gasteiger partial charge in [0, 0.05) is 11.1 Å². The monoisotopic (exact) mass is 333 g/mol. The number of para-hydroxylation sites is 1. The van der Waals surface area contributed by atoms with Crippen molar-refractivity contribution in [3.8, 4) is 0 Å². The number of carbonyl (C=O) groups excluding carboxylic acids is 1. The molecule has 0 aromatic heterocycles. The van der Waals surface area contributed by atoms with Crippen LogP contribution < -0.4 is 10.2 Å². The van der Waals surface area contributed by atoms with Crippen molar-refractivity contribution in [3.05, 3.63) is 65.2 Å². The van der Waals surface area contributed by atoms with Crippen molar-refractivity contribution in [1.29, 1.82) is 0 Å². The van der Waals surface area contributed by atoms with Crippen LogP contribution in [0.2, 0.25) is 0 Å². The van der Waals surface area contributed by atoms with E-state index in [-0.39, 0.29) is 0 Å². The van der Waals surface area contributed by atoms with E-state index in [1.54, 1.807) is 12.1 Å². The van der Waals surface area contributed by atoms with E-state index in [1.807, 2.05) is 12.1 Å². The zero-order chi connectivity index (χ0) is 16.9. The Hall–Kier alpha value is -2.31. The van der Waals surface area contributed by atoms with Gasteiger partial charge in [-0.05, 0) is 24.3 Å². The molecule has 1 saturated heterocycles. The first-order chi connectivity index (χ1) is 11.6. The molecule has 1 aliphatic heterocycles. The van der Waals surface area contributed by atoms with Crippen molar-refractivity contribution in [1.82, 2.24) is 0 Å². The summed E-state index contributed by atoms with van der Waals surface area (Å²) in [6.45, 7) is 4.34. The molecule has 1 aliphatic rings. The average molecular weight is 333 g/mol. The fourth-order valence-electron chi connectivity index (χ4n) is 2.70. The minimum atomic E-state index is -0.795. The second kappa shape index (κ2) is 7.51. The predicted octanol–water partition coefficient (Wildman–Crippen LogP) is 1.63. The molecule has 2 aromatic rings. The van der Waals surface area contributed by atoms with Gasteiger partial charge in [0.1, 0.15) is 37.0 Å². The molecule has 0 aliphatic carbocycles. The average Bonchev–Trinajstić information content (AvgIpc) is 2.60. The number of benzene rings is 2. The summed E-state index contributed by atoms with van der Waals surface area (Å²) >= 11 is 0. The SMILES string of the molecule is O=C(Nc1c(F)cccc1F)c1ccc(C[NH+]2CCOCC2)cc1. The van der Waals surface area contributed by atoms with Crippen LogP contribution in [0.25, 0.3) is 0 Å². The van der Waals surface area contributed by atoms with E-state index in [0.717, 1.165) is 50.5 Å². The Morgan fingerprint density at radius 3 is 2.29 bits per heavy atom. The maximum absolute atomic E-state index is 13.6. The summed E-state index contributed by atoms with van der Waals surface area (Å²) < 4.78 is 32.5. The number of hydrogen-bond acceptors (Lipinski definition) is 2. The van der Waals surface area contributed by atoms with Gasteiger partial charge in [-0.15, -0.1) is 0 Å². The van der Waals surface area contributed by atoms with Gasteiger partial charge in [-0.25, -0.2) is 8.78 Å². The fourth-order valence-corrected chi connectivity index (χ4v) is 2.70. The molecule has 0 saturated carbocycles. The Labute approximate surface area is 139 Å². The normalized spacial score (nSPS) is 15.2. The van der Waals surface area contributed by atoms with Gasteiger partial charge in [0.15, 0.2) is 0 Å².